The van der Waals surface area contributed by atoms with Gasteiger partial charge in [-0.05, 0) is 36.2 Å². The fourth-order valence-corrected chi connectivity index (χ4v) is 2.33. The predicted molar refractivity (Wildman–Crippen MR) is 86.6 cm³/mol. The highest BCUT2D eigenvalue weighted by Crippen LogP contribution is 2.16. The number of amides is 1. The van der Waals surface area contributed by atoms with Crippen LogP contribution >= 0.6 is 0 Å². The number of nitrogens with zero attached hydrogens (tertiary/aromatic N) is 1. The lowest BCUT2D eigenvalue weighted by Crippen LogP contribution is -2.42. The molecule has 0 heterocycles. The van der Waals surface area contributed by atoms with Gasteiger partial charge in [-0.25, -0.2) is 4.79 Å². The lowest BCUT2D eigenvalue weighted by molar-refractivity contribution is -0.143. The van der Waals surface area contributed by atoms with Crippen LogP contribution in [-0.4, -0.2) is 25.0 Å². The SMILES string of the molecule is COC(=O)[C@H](C[C@@H](C)C#N)NC(=O)c1ccc2ccccc2c1. The van der Waals surface area contributed by atoms with E-state index < -0.39 is 12.0 Å². The van der Waals surface area contributed by atoms with Gasteiger partial charge in [-0.15, -0.1) is 0 Å². The van der Waals surface area contributed by atoms with E-state index in [0.29, 0.717) is 5.56 Å². The fourth-order valence-electron chi connectivity index (χ4n) is 2.33. The molecule has 0 aromatic heterocycles. The maximum absolute atomic E-state index is 12.4. The number of carbonyl (C=O) groups is 2. The van der Waals surface area contributed by atoms with Crippen LogP contribution in [0.5, 0.6) is 0 Å². The molecule has 1 N–H and O–H groups in total. The minimum atomic E-state index is -0.839. The van der Waals surface area contributed by atoms with Crippen LogP contribution in [0.25, 0.3) is 10.8 Å². The molecule has 0 saturated carbocycles. The Balaban J connectivity index is 2.19. The summed E-state index contributed by atoms with van der Waals surface area (Å²) in [7, 11) is 1.26. The lowest BCUT2D eigenvalue weighted by atomic mass is 10.0. The second kappa shape index (κ2) is 7.41. The van der Waals surface area contributed by atoms with Crippen LogP contribution in [0.4, 0.5) is 0 Å². The molecule has 0 bridgehead atoms. The Morgan fingerprint density at radius 1 is 1.22 bits per heavy atom. The first-order valence-corrected chi connectivity index (χ1v) is 7.32. The Hall–Kier alpha value is -2.87. The Morgan fingerprint density at radius 3 is 2.57 bits per heavy atom. The van der Waals surface area contributed by atoms with Gasteiger partial charge in [0.25, 0.3) is 5.91 Å². The topological polar surface area (TPSA) is 79.2 Å². The van der Waals surface area contributed by atoms with Crippen molar-refractivity contribution in [1.29, 1.82) is 5.26 Å². The normalized spacial score (nSPS) is 12.9. The number of methoxy groups -OCH3 is 1. The van der Waals surface area contributed by atoms with Crippen molar-refractivity contribution in [3.63, 3.8) is 0 Å². The zero-order chi connectivity index (χ0) is 16.8. The molecule has 5 nitrogen and oxygen atoms in total. The first-order chi connectivity index (χ1) is 11.0. The summed E-state index contributed by atoms with van der Waals surface area (Å²) in [4.78, 5) is 24.2. The zero-order valence-electron chi connectivity index (χ0n) is 13.1. The molecule has 0 radical (unpaired) electrons. The second-order valence-corrected chi connectivity index (χ2v) is 5.38. The second-order valence-electron chi connectivity index (χ2n) is 5.38. The van der Waals surface area contributed by atoms with Gasteiger partial charge in [0.05, 0.1) is 13.2 Å². The fraction of sp³-hybridized carbons (Fsp3) is 0.278. The van der Waals surface area contributed by atoms with E-state index in [0.717, 1.165) is 10.8 Å². The van der Waals surface area contributed by atoms with Gasteiger partial charge < -0.3 is 10.1 Å². The third-order valence-electron chi connectivity index (χ3n) is 3.61. The average molecular weight is 310 g/mol. The molecule has 0 aliphatic carbocycles. The maximum atomic E-state index is 12.4. The smallest absolute Gasteiger partial charge is 0.328 e. The number of rotatable bonds is 5. The number of nitrogens with one attached hydrogen (secondary N) is 1. The highest BCUT2D eigenvalue weighted by Gasteiger charge is 2.24. The molecule has 2 rings (SSSR count). The molecule has 1 amide bonds. The lowest BCUT2D eigenvalue weighted by Gasteiger charge is -2.17. The molecule has 0 spiro atoms. The van der Waals surface area contributed by atoms with E-state index in [9.17, 15) is 9.59 Å². The highest BCUT2D eigenvalue weighted by molar-refractivity contribution is 6.00. The first kappa shape index (κ1) is 16.5. The van der Waals surface area contributed by atoms with Crippen molar-refractivity contribution in [2.45, 2.75) is 19.4 Å². The molecule has 0 aliphatic rings. The van der Waals surface area contributed by atoms with E-state index in [2.05, 4.69) is 11.4 Å². The molecule has 2 aromatic rings. The van der Waals surface area contributed by atoms with E-state index in [1.54, 1.807) is 19.1 Å². The van der Waals surface area contributed by atoms with Gasteiger partial charge in [0.15, 0.2) is 0 Å². The zero-order valence-corrected chi connectivity index (χ0v) is 13.1. The van der Waals surface area contributed by atoms with Gasteiger partial charge in [0.1, 0.15) is 6.04 Å². The highest BCUT2D eigenvalue weighted by atomic mass is 16.5. The number of ether oxygens (including phenoxy) is 1. The van der Waals surface area contributed by atoms with Crippen molar-refractivity contribution >= 4 is 22.6 Å². The minimum absolute atomic E-state index is 0.211. The molecule has 2 atom stereocenters. The summed E-state index contributed by atoms with van der Waals surface area (Å²) in [5.41, 5.74) is 0.460. The van der Waals surface area contributed by atoms with Crippen LogP contribution in [0.3, 0.4) is 0 Å². The quantitative estimate of drug-likeness (QED) is 0.861. The molecule has 0 unspecified atom stereocenters. The molecule has 23 heavy (non-hydrogen) atoms. The largest absolute Gasteiger partial charge is 0.467 e. The van der Waals surface area contributed by atoms with Crippen molar-refractivity contribution in [2.24, 2.45) is 5.92 Å². The van der Waals surface area contributed by atoms with Crippen LogP contribution in [0.2, 0.25) is 0 Å². The predicted octanol–water partition coefficient (Wildman–Crippen LogP) is 2.66. The van der Waals surface area contributed by atoms with E-state index in [-0.39, 0.29) is 18.2 Å². The molecular formula is C18H18N2O3. The minimum Gasteiger partial charge on any atom is -0.467 e. The summed E-state index contributed by atoms with van der Waals surface area (Å²) in [6.07, 6.45) is 0.211. The Kier molecular flexibility index (Phi) is 5.32. The van der Waals surface area contributed by atoms with Gasteiger partial charge in [-0.2, -0.15) is 5.26 Å². The summed E-state index contributed by atoms with van der Waals surface area (Å²) >= 11 is 0. The molecule has 0 fully saturated rings. The summed E-state index contributed by atoms with van der Waals surface area (Å²) in [6, 6.07) is 14.3. The number of fused-ring (bicyclic) bond motifs is 1. The molecule has 0 saturated heterocycles. The van der Waals surface area contributed by atoms with Crippen molar-refractivity contribution in [1.82, 2.24) is 5.32 Å². The monoisotopic (exact) mass is 310 g/mol. The Bertz CT molecular complexity index is 764. The summed E-state index contributed by atoms with van der Waals surface area (Å²) in [5, 5.41) is 13.5. The van der Waals surface area contributed by atoms with Gasteiger partial charge in [0.2, 0.25) is 0 Å². The Morgan fingerprint density at radius 2 is 1.91 bits per heavy atom. The number of esters is 1. The molecule has 2 aromatic carbocycles. The number of carbonyl (C=O) groups excluding carboxylic acids is 2. The van der Waals surface area contributed by atoms with Crippen molar-refractivity contribution < 1.29 is 14.3 Å². The van der Waals surface area contributed by atoms with Crippen LogP contribution in [0.1, 0.15) is 23.7 Å². The van der Waals surface area contributed by atoms with Gasteiger partial charge in [0, 0.05) is 11.5 Å². The van der Waals surface area contributed by atoms with Crippen LogP contribution in [0, 0.1) is 17.2 Å². The standard InChI is InChI=1S/C18H18N2O3/c1-12(11-19)9-16(18(22)23-2)20-17(21)15-8-7-13-5-3-4-6-14(13)10-15/h3-8,10,12,16H,9H2,1-2H3,(H,20,21)/t12-,16+/m1/s1. The summed E-state index contributed by atoms with van der Waals surface area (Å²) in [6.45, 7) is 1.69. The van der Waals surface area contributed by atoms with Gasteiger partial charge in [-0.3, -0.25) is 4.79 Å². The third-order valence-corrected chi connectivity index (χ3v) is 3.61. The van der Waals surface area contributed by atoms with Crippen molar-refractivity contribution in [3.8, 4) is 6.07 Å². The third kappa shape index (κ3) is 4.07. The molecular weight excluding hydrogens is 292 g/mol. The van der Waals surface area contributed by atoms with E-state index >= 15 is 0 Å². The van der Waals surface area contributed by atoms with Crippen LogP contribution < -0.4 is 5.32 Å². The molecule has 5 heteroatoms. The van der Waals surface area contributed by atoms with Crippen molar-refractivity contribution in [3.05, 3.63) is 48.0 Å². The Labute approximate surface area is 134 Å². The summed E-state index contributed by atoms with van der Waals surface area (Å²) in [5.74, 6) is -1.28. The number of nitriles is 1. The molecule has 0 aliphatic heterocycles. The van der Waals surface area contributed by atoms with Gasteiger partial charge >= 0.3 is 5.97 Å². The number of benzene rings is 2. The van der Waals surface area contributed by atoms with E-state index in [1.165, 1.54) is 7.11 Å². The molecule has 118 valence electrons. The average Bonchev–Trinajstić information content (AvgIpc) is 2.59. The van der Waals surface area contributed by atoms with Crippen molar-refractivity contribution in [2.75, 3.05) is 7.11 Å². The number of hydrogen-bond acceptors (Lipinski definition) is 4. The van der Waals surface area contributed by atoms with E-state index in [1.807, 2.05) is 30.3 Å². The number of hydrogen-bond donors (Lipinski definition) is 1. The van der Waals surface area contributed by atoms with Crippen LogP contribution in [-0.2, 0) is 9.53 Å². The van der Waals surface area contributed by atoms with Gasteiger partial charge in [-0.1, -0.05) is 30.3 Å². The first-order valence-electron chi connectivity index (χ1n) is 7.32. The van der Waals surface area contributed by atoms with E-state index in [4.69, 9.17) is 10.00 Å². The van der Waals surface area contributed by atoms with Crippen LogP contribution in [0.15, 0.2) is 42.5 Å². The maximum Gasteiger partial charge on any atom is 0.328 e. The summed E-state index contributed by atoms with van der Waals surface area (Å²) < 4.78 is 4.70.